The summed E-state index contributed by atoms with van der Waals surface area (Å²) in [6.07, 6.45) is 13.6. The van der Waals surface area contributed by atoms with Gasteiger partial charge < -0.3 is 10.5 Å². The summed E-state index contributed by atoms with van der Waals surface area (Å²) in [5, 5.41) is 0. The molecule has 146 valence electrons. The Labute approximate surface area is 181 Å². The van der Waals surface area contributed by atoms with Gasteiger partial charge in [0, 0.05) is 12.5 Å². The summed E-state index contributed by atoms with van der Waals surface area (Å²) < 4.78 is 4.68. The van der Waals surface area contributed by atoms with Gasteiger partial charge in [-0.05, 0) is 26.3 Å². The van der Waals surface area contributed by atoms with Crippen LogP contribution in [0.15, 0.2) is 24.3 Å². The van der Waals surface area contributed by atoms with Crippen LogP contribution in [-0.2, 0) is 19.1 Å². The van der Waals surface area contributed by atoms with Gasteiger partial charge in [-0.2, -0.15) is 0 Å². The molecule has 5 nitrogen and oxygen atoms in total. The van der Waals surface area contributed by atoms with Crippen molar-refractivity contribution >= 4 is 47.4 Å². The number of hydrogen-bond donors (Lipinski definition) is 1. The summed E-state index contributed by atoms with van der Waals surface area (Å²) in [6, 6.07) is 0. The van der Waals surface area contributed by atoms with Gasteiger partial charge in [0.25, 0.3) is 0 Å². The van der Waals surface area contributed by atoms with E-state index in [1.54, 1.807) is 13.8 Å². The Morgan fingerprint density at radius 3 is 1.73 bits per heavy atom. The zero-order valence-corrected chi connectivity index (χ0v) is 16.1. The summed E-state index contributed by atoms with van der Waals surface area (Å²) in [5.41, 5.74) is 5.37. The number of ether oxygens (including phenoxy) is 1. The summed E-state index contributed by atoms with van der Waals surface area (Å²) >= 11 is 0. The van der Waals surface area contributed by atoms with E-state index < -0.39 is 17.8 Å². The number of unbranched alkanes of at least 4 members (excludes halogenated alkanes) is 8. The molecule has 6 heteroatoms. The van der Waals surface area contributed by atoms with E-state index in [1.165, 1.54) is 51.0 Å². The number of hydrogen-bond acceptors (Lipinski definition) is 4. The minimum atomic E-state index is -0.550. The Bertz CT molecular complexity index is 430. The van der Waals surface area contributed by atoms with Crippen LogP contribution in [0, 0.1) is 0 Å². The van der Waals surface area contributed by atoms with Gasteiger partial charge in [-0.15, -0.1) is 0 Å². The molecule has 26 heavy (non-hydrogen) atoms. The third-order valence-corrected chi connectivity index (χ3v) is 3.31. The third-order valence-electron chi connectivity index (χ3n) is 3.31. The van der Waals surface area contributed by atoms with E-state index in [4.69, 9.17) is 0 Å². The Balaban J connectivity index is -0.000000772. The second-order valence-corrected chi connectivity index (χ2v) is 6.20. The summed E-state index contributed by atoms with van der Waals surface area (Å²) in [5.74, 6) is -1.44. The monoisotopic (exact) mass is 377 g/mol. The molecule has 0 aromatic carbocycles. The van der Waals surface area contributed by atoms with Crippen molar-refractivity contribution in [1.82, 2.24) is 0 Å². The van der Waals surface area contributed by atoms with E-state index in [9.17, 15) is 14.4 Å². The molecule has 1 amide bonds. The number of allylic oxidation sites excluding steroid dienone is 1. The van der Waals surface area contributed by atoms with Gasteiger partial charge in [-0.3, -0.25) is 9.59 Å². The molecular formula is C20H36NNaO4. The molecule has 0 radical (unpaired) electrons. The van der Waals surface area contributed by atoms with Crippen LogP contribution in [0.25, 0.3) is 0 Å². The second kappa shape index (κ2) is 22.1. The van der Waals surface area contributed by atoms with Crippen LogP contribution in [0.4, 0.5) is 0 Å². The van der Waals surface area contributed by atoms with Crippen LogP contribution in [0.1, 0.15) is 85.0 Å². The second-order valence-electron chi connectivity index (χ2n) is 6.20. The zero-order chi connectivity index (χ0) is 19.5. The van der Waals surface area contributed by atoms with Crippen molar-refractivity contribution in [3.63, 3.8) is 0 Å². The average Bonchev–Trinajstić information content (AvgIpc) is 2.52. The molecule has 0 fully saturated rings. The van der Waals surface area contributed by atoms with Crippen molar-refractivity contribution in [3.05, 3.63) is 24.3 Å². The minimum absolute atomic E-state index is 0. The normalized spacial score (nSPS) is 9.04. The van der Waals surface area contributed by atoms with Crippen LogP contribution in [0.2, 0.25) is 0 Å². The van der Waals surface area contributed by atoms with Gasteiger partial charge in [0.15, 0.2) is 0 Å². The summed E-state index contributed by atoms with van der Waals surface area (Å²) in [7, 11) is 0. The Morgan fingerprint density at radius 2 is 1.35 bits per heavy atom. The molecule has 0 saturated carbocycles. The van der Waals surface area contributed by atoms with Crippen molar-refractivity contribution in [1.29, 1.82) is 0 Å². The van der Waals surface area contributed by atoms with Crippen LogP contribution >= 0.6 is 0 Å². The van der Waals surface area contributed by atoms with Gasteiger partial charge in [0.2, 0.25) is 5.91 Å². The third kappa shape index (κ3) is 27.9. The fourth-order valence-electron chi connectivity index (χ4n) is 2.01. The molecule has 0 unspecified atom stereocenters. The number of rotatable bonds is 12. The van der Waals surface area contributed by atoms with Crippen molar-refractivity contribution in [3.8, 4) is 0 Å². The summed E-state index contributed by atoms with van der Waals surface area (Å²) in [6.45, 7) is 8.91. The van der Waals surface area contributed by atoms with Gasteiger partial charge in [-0.25, -0.2) is 4.79 Å². The number of amides is 1. The molecule has 0 spiro atoms. The van der Waals surface area contributed by atoms with Crippen molar-refractivity contribution in [2.75, 3.05) is 0 Å². The van der Waals surface area contributed by atoms with Gasteiger partial charge >= 0.3 is 41.5 Å². The van der Waals surface area contributed by atoms with Gasteiger partial charge in [0.05, 0.1) is 0 Å². The maximum absolute atomic E-state index is 11.4. The Morgan fingerprint density at radius 1 is 0.923 bits per heavy atom. The Hall–Kier alpha value is -0.910. The van der Waals surface area contributed by atoms with Crippen LogP contribution < -0.4 is 5.73 Å². The molecule has 0 rings (SSSR count). The number of carbonyl (C=O) groups is 3. The molecule has 2 N–H and O–H groups in total. The Kier molecular flexibility index (Phi) is 25.4. The fraction of sp³-hybridized carbons (Fsp3) is 0.650. The number of nitrogens with two attached hydrogens (primary N) is 1. The molecule has 0 saturated heterocycles. The quantitative estimate of drug-likeness (QED) is 0.183. The van der Waals surface area contributed by atoms with E-state index in [2.05, 4.69) is 24.0 Å². The molecule has 0 aromatic rings. The van der Waals surface area contributed by atoms with E-state index in [0.29, 0.717) is 6.42 Å². The number of esters is 2. The topological polar surface area (TPSA) is 86.5 Å². The molecule has 0 atom stereocenters. The first-order valence-corrected chi connectivity index (χ1v) is 9.14. The fourth-order valence-corrected chi connectivity index (χ4v) is 2.01. The molecule has 0 aliphatic carbocycles. The molecule has 0 bridgehead atoms. The first-order chi connectivity index (χ1) is 11.8. The van der Waals surface area contributed by atoms with Crippen LogP contribution in [0.3, 0.4) is 0 Å². The standard InChI is InChI=1S/C17H30O3.C3H5NO.Na.H/c1-4-5-6-7-8-9-10-11-12-13-16(18)20-17(19)14-15(2)3;1-2-3(4)5;;/h14H,4-13H2,1-3H3;2H,1H2,(H2,4,5);;. The first-order valence-electron chi connectivity index (χ1n) is 9.14. The predicted octanol–water partition coefficient (Wildman–Crippen LogP) is 3.95. The SMILES string of the molecule is C=CC(N)=O.CCCCCCCCCCCC(=O)OC(=O)C=C(C)C.[NaH]. The first kappa shape index (κ1) is 29.8. The van der Waals surface area contributed by atoms with Crippen molar-refractivity contribution in [2.45, 2.75) is 85.0 Å². The molecule has 0 heterocycles. The van der Waals surface area contributed by atoms with E-state index >= 15 is 0 Å². The van der Waals surface area contributed by atoms with E-state index in [-0.39, 0.29) is 29.6 Å². The molecule has 0 aliphatic heterocycles. The molecule has 0 aromatic heterocycles. The average molecular weight is 378 g/mol. The van der Waals surface area contributed by atoms with Crippen molar-refractivity contribution < 1.29 is 19.1 Å². The van der Waals surface area contributed by atoms with Crippen LogP contribution in [0.5, 0.6) is 0 Å². The van der Waals surface area contributed by atoms with Crippen LogP contribution in [-0.4, -0.2) is 47.4 Å². The number of carbonyl (C=O) groups excluding carboxylic acids is 3. The van der Waals surface area contributed by atoms with E-state index in [1.807, 2.05) is 0 Å². The van der Waals surface area contributed by atoms with E-state index in [0.717, 1.165) is 24.5 Å². The number of primary amides is 1. The van der Waals surface area contributed by atoms with Gasteiger partial charge in [-0.1, -0.05) is 70.4 Å². The van der Waals surface area contributed by atoms with Crippen molar-refractivity contribution in [2.24, 2.45) is 5.73 Å². The molecule has 0 aliphatic rings. The zero-order valence-electron chi connectivity index (χ0n) is 16.1. The predicted molar refractivity (Wildman–Crippen MR) is 109 cm³/mol. The summed E-state index contributed by atoms with van der Waals surface area (Å²) in [4.78, 5) is 32.0. The maximum atomic E-state index is 11.4. The van der Waals surface area contributed by atoms with Gasteiger partial charge in [0.1, 0.15) is 0 Å². The molecular weight excluding hydrogens is 341 g/mol.